The minimum absolute atomic E-state index is 0.0380. The number of anilines is 2. The van der Waals surface area contributed by atoms with Crippen LogP contribution in [0.3, 0.4) is 0 Å². The number of nitrogens with one attached hydrogen (secondary N) is 1. The van der Waals surface area contributed by atoms with Crippen molar-refractivity contribution < 1.29 is 9.18 Å². The van der Waals surface area contributed by atoms with E-state index in [4.69, 9.17) is 28.9 Å². The normalized spacial score (nSPS) is 10.3. The third-order valence-corrected chi connectivity index (χ3v) is 3.28. The Morgan fingerprint density at radius 2 is 1.95 bits per heavy atom. The summed E-state index contributed by atoms with van der Waals surface area (Å²) < 4.78 is 13.1. The van der Waals surface area contributed by atoms with E-state index in [1.165, 1.54) is 12.1 Å². The molecule has 3 nitrogen and oxygen atoms in total. The van der Waals surface area contributed by atoms with E-state index in [-0.39, 0.29) is 16.3 Å². The summed E-state index contributed by atoms with van der Waals surface area (Å²) in [7, 11) is 0. The third-order valence-electron chi connectivity index (χ3n) is 2.46. The second-order valence-electron chi connectivity index (χ2n) is 3.79. The van der Waals surface area contributed by atoms with Crippen molar-refractivity contribution in [1.29, 1.82) is 0 Å². The van der Waals surface area contributed by atoms with Gasteiger partial charge in [-0.05, 0) is 30.3 Å². The van der Waals surface area contributed by atoms with Gasteiger partial charge >= 0.3 is 0 Å². The molecule has 98 valence electrons. The lowest BCUT2D eigenvalue weighted by molar-refractivity contribution is 0.102. The Bertz CT molecular complexity index is 647. The second kappa shape index (κ2) is 5.47. The van der Waals surface area contributed by atoms with Crippen LogP contribution in [0.15, 0.2) is 36.4 Å². The van der Waals surface area contributed by atoms with Crippen molar-refractivity contribution >= 4 is 40.5 Å². The number of carbonyl (C=O) groups is 1. The monoisotopic (exact) mass is 298 g/mol. The topological polar surface area (TPSA) is 55.1 Å². The SMILES string of the molecule is Nc1ccc(F)cc1C(=O)Nc1cccc(Cl)c1Cl. The van der Waals surface area contributed by atoms with Crippen LogP contribution in [-0.2, 0) is 0 Å². The van der Waals surface area contributed by atoms with Crippen molar-refractivity contribution in [2.75, 3.05) is 11.1 Å². The van der Waals surface area contributed by atoms with E-state index in [0.717, 1.165) is 6.07 Å². The molecule has 19 heavy (non-hydrogen) atoms. The molecule has 0 saturated carbocycles. The van der Waals surface area contributed by atoms with Crippen LogP contribution in [0.5, 0.6) is 0 Å². The summed E-state index contributed by atoms with van der Waals surface area (Å²) in [5.74, 6) is -1.10. The fraction of sp³-hybridized carbons (Fsp3) is 0. The minimum Gasteiger partial charge on any atom is -0.398 e. The number of carbonyl (C=O) groups excluding carboxylic acids is 1. The summed E-state index contributed by atoms with van der Waals surface area (Å²) in [6.45, 7) is 0. The Labute approximate surface area is 119 Å². The van der Waals surface area contributed by atoms with Gasteiger partial charge in [0.25, 0.3) is 5.91 Å². The van der Waals surface area contributed by atoms with Crippen molar-refractivity contribution in [3.05, 3.63) is 57.8 Å². The van der Waals surface area contributed by atoms with Gasteiger partial charge in [0, 0.05) is 5.69 Å². The molecule has 0 fully saturated rings. The lowest BCUT2D eigenvalue weighted by Gasteiger charge is -2.09. The van der Waals surface area contributed by atoms with Crippen LogP contribution < -0.4 is 11.1 Å². The zero-order valence-electron chi connectivity index (χ0n) is 9.58. The third kappa shape index (κ3) is 2.97. The number of hydrogen-bond acceptors (Lipinski definition) is 2. The fourth-order valence-corrected chi connectivity index (χ4v) is 1.86. The summed E-state index contributed by atoms with van der Waals surface area (Å²) in [4.78, 5) is 12.0. The molecule has 0 bridgehead atoms. The average Bonchev–Trinajstić information content (AvgIpc) is 2.38. The summed E-state index contributed by atoms with van der Waals surface area (Å²) in [5, 5.41) is 3.06. The molecule has 0 saturated heterocycles. The first-order valence-electron chi connectivity index (χ1n) is 5.29. The summed E-state index contributed by atoms with van der Waals surface area (Å²) in [6, 6.07) is 8.38. The summed E-state index contributed by atoms with van der Waals surface area (Å²) in [6.07, 6.45) is 0. The van der Waals surface area contributed by atoms with E-state index in [2.05, 4.69) is 5.32 Å². The molecule has 2 rings (SSSR count). The molecule has 2 aromatic rings. The molecule has 3 N–H and O–H groups in total. The van der Waals surface area contributed by atoms with Gasteiger partial charge in [0.2, 0.25) is 0 Å². The maximum Gasteiger partial charge on any atom is 0.257 e. The van der Waals surface area contributed by atoms with Crippen molar-refractivity contribution in [2.24, 2.45) is 0 Å². The molecule has 6 heteroatoms. The van der Waals surface area contributed by atoms with Crippen LogP contribution in [0.4, 0.5) is 15.8 Å². The van der Waals surface area contributed by atoms with Gasteiger partial charge in [0.05, 0.1) is 21.3 Å². The predicted octanol–water partition coefficient (Wildman–Crippen LogP) is 3.97. The van der Waals surface area contributed by atoms with E-state index < -0.39 is 11.7 Å². The standard InChI is InChI=1S/C13H9Cl2FN2O/c14-9-2-1-3-11(12(9)15)18-13(19)8-6-7(16)4-5-10(8)17/h1-6H,17H2,(H,18,19). The zero-order chi connectivity index (χ0) is 14.0. The first-order chi connectivity index (χ1) is 8.99. The molecule has 0 aromatic heterocycles. The van der Waals surface area contributed by atoms with Gasteiger partial charge in [0.15, 0.2) is 0 Å². The number of benzene rings is 2. The Hall–Kier alpha value is -1.78. The molecule has 0 spiro atoms. The Kier molecular flexibility index (Phi) is 3.93. The highest BCUT2D eigenvalue weighted by molar-refractivity contribution is 6.44. The van der Waals surface area contributed by atoms with E-state index in [1.807, 2.05) is 0 Å². The molecule has 0 heterocycles. The van der Waals surface area contributed by atoms with Crippen molar-refractivity contribution in [2.45, 2.75) is 0 Å². The van der Waals surface area contributed by atoms with Crippen LogP contribution >= 0.6 is 23.2 Å². The van der Waals surface area contributed by atoms with Crippen LogP contribution in [0.25, 0.3) is 0 Å². The minimum atomic E-state index is -0.554. The van der Waals surface area contributed by atoms with Crippen LogP contribution in [0, 0.1) is 5.82 Å². The number of rotatable bonds is 2. The van der Waals surface area contributed by atoms with Gasteiger partial charge in [-0.1, -0.05) is 29.3 Å². The van der Waals surface area contributed by atoms with Gasteiger partial charge in [0.1, 0.15) is 5.82 Å². The highest BCUT2D eigenvalue weighted by atomic mass is 35.5. The van der Waals surface area contributed by atoms with Gasteiger partial charge < -0.3 is 11.1 Å². The van der Waals surface area contributed by atoms with Gasteiger partial charge in [-0.3, -0.25) is 4.79 Å². The fourth-order valence-electron chi connectivity index (χ4n) is 1.52. The Balaban J connectivity index is 2.31. The summed E-state index contributed by atoms with van der Waals surface area (Å²) in [5.41, 5.74) is 6.18. The largest absolute Gasteiger partial charge is 0.398 e. The number of halogens is 3. The highest BCUT2D eigenvalue weighted by Gasteiger charge is 2.13. The molecular formula is C13H9Cl2FN2O. The number of hydrogen-bond donors (Lipinski definition) is 2. The number of nitrogen functional groups attached to an aromatic ring is 1. The Morgan fingerprint density at radius 1 is 1.21 bits per heavy atom. The molecule has 0 unspecified atom stereocenters. The van der Waals surface area contributed by atoms with E-state index >= 15 is 0 Å². The van der Waals surface area contributed by atoms with Crippen molar-refractivity contribution in [3.8, 4) is 0 Å². The lowest BCUT2D eigenvalue weighted by Crippen LogP contribution is -2.14. The van der Waals surface area contributed by atoms with Gasteiger partial charge in [-0.15, -0.1) is 0 Å². The van der Waals surface area contributed by atoms with E-state index in [0.29, 0.717) is 10.7 Å². The van der Waals surface area contributed by atoms with E-state index in [9.17, 15) is 9.18 Å². The molecule has 1 amide bonds. The molecule has 0 aliphatic carbocycles. The van der Waals surface area contributed by atoms with Crippen molar-refractivity contribution in [3.63, 3.8) is 0 Å². The first kappa shape index (κ1) is 13.6. The maximum atomic E-state index is 13.1. The molecule has 0 aliphatic rings. The van der Waals surface area contributed by atoms with Crippen LogP contribution in [-0.4, -0.2) is 5.91 Å². The summed E-state index contributed by atoms with van der Waals surface area (Å²) >= 11 is 11.8. The van der Waals surface area contributed by atoms with Gasteiger partial charge in [-0.25, -0.2) is 4.39 Å². The number of nitrogens with two attached hydrogens (primary N) is 1. The predicted molar refractivity (Wildman–Crippen MR) is 75.2 cm³/mol. The smallest absolute Gasteiger partial charge is 0.257 e. The van der Waals surface area contributed by atoms with Crippen LogP contribution in [0.1, 0.15) is 10.4 Å². The Morgan fingerprint density at radius 3 is 2.68 bits per heavy atom. The second-order valence-corrected chi connectivity index (χ2v) is 4.57. The average molecular weight is 299 g/mol. The highest BCUT2D eigenvalue weighted by Crippen LogP contribution is 2.30. The molecule has 0 atom stereocenters. The quantitative estimate of drug-likeness (QED) is 0.824. The van der Waals surface area contributed by atoms with Gasteiger partial charge in [-0.2, -0.15) is 0 Å². The molecule has 2 aromatic carbocycles. The molecule has 0 aliphatic heterocycles. The number of amides is 1. The van der Waals surface area contributed by atoms with Crippen molar-refractivity contribution in [1.82, 2.24) is 0 Å². The maximum absolute atomic E-state index is 13.1. The zero-order valence-corrected chi connectivity index (χ0v) is 11.1. The van der Waals surface area contributed by atoms with E-state index in [1.54, 1.807) is 18.2 Å². The lowest BCUT2D eigenvalue weighted by atomic mass is 10.1. The molecule has 0 radical (unpaired) electrons. The van der Waals surface area contributed by atoms with Crippen LogP contribution in [0.2, 0.25) is 10.0 Å². The molecular weight excluding hydrogens is 290 g/mol. The first-order valence-corrected chi connectivity index (χ1v) is 6.05.